The molecule has 0 bridgehead atoms. The minimum Gasteiger partial charge on any atom is -0.0991 e. The quantitative estimate of drug-likeness (QED) is 0.377. The van der Waals surface area contributed by atoms with Crippen LogP contribution in [0, 0.1) is 0 Å². The monoisotopic (exact) mass is 386 g/mol. The molecule has 1 atom stereocenters. The zero-order valence-electron chi connectivity index (χ0n) is 17.4. The third-order valence-corrected chi connectivity index (χ3v) is 5.99. The third-order valence-electron chi connectivity index (χ3n) is 5.99. The predicted molar refractivity (Wildman–Crippen MR) is 131 cm³/mol. The van der Waals surface area contributed by atoms with Crippen molar-refractivity contribution in [3.63, 3.8) is 0 Å². The van der Waals surface area contributed by atoms with E-state index in [1.807, 2.05) is 25.2 Å². The summed E-state index contributed by atoms with van der Waals surface area (Å²) in [5.74, 6) is 0. The second-order valence-corrected chi connectivity index (χ2v) is 7.42. The molecule has 0 saturated heterocycles. The van der Waals surface area contributed by atoms with E-state index in [1.165, 1.54) is 33.4 Å². The van der Waals surface area contributed by atoms with Gasteiger partial charge in [0, 0.05) is 0 Å². The maximum atomic E-state index is 4.18. The Kier molecular flexibility index (Phi) is 5.25. The fourth-order valence-corrected chi connectivity index (χ4v) is 4.91. The normalized spacial score (nSPS) is 17.4. The predicted octanol–water partition coefficient (Wildman–Crippen LogP) is 7.98. The summed E-state index contributed by atoms with van der Waals surface area (Å²) < 4.78 is 0. The van der Waals surface area contributed by atoms with E-state index in [4.69, 9.17) is 0 Å². The Morgan fingerprint density at radius 2 is 1.57 bits per heavy atom. The summed E-state index contributed by atoms with van der Waals surface area (Å²) in [5, 5.41) is 0. The molecule has 0 heteroatoms. The zero-order valence-corrected chi connectivity index (χ0v) is 17.4. The molecule has 0 aromatic heterocycles. The molecule has 0 spiro atoms. The van der Waals surface area contributed by atoms with Crippen LogP contribution < -0.4 is 0 Å². The number of benzene rings is 3. The maximum Gasteiger partial charge on any atom is 0.0713 e. The summed E-state index contributed by atoms with van der Waals surface area (Å²) >= 11 is 0. The van der Waals surface area contributed by atoms with Gasteiger partial charge in [0.2, 0.25) is 0 Å². The van der Waals surface area contributed by atoms with E-state index < -0.39 is 5.41 Å². The first kappa shape index (κ1) is 19.7. The van der Waals surface area contributed by atoms with Crippen LogP contribution in [0.25, 0.3) is 23.3 Å². The number of rotatable bonds is 6. The van der Waals surface area contributed by atoms with Gasteiger partial charge in [-0.15, -0.1) is 0 Å². The first-order valence-electron chi connectivity index (χ1n) is 10.3. The van der Waals surface area contributed by atoms with Crippen LogP contribution in [0.2, 0.25) is 0 Å². The molecule has 1 aliphatic rings. The lowest BCUT2D eigenvalue weighted by Crippen LogP contribution is -2.29. The van der Waals surface area contributed by atoms with E-state index in [1.54, 1.807) is 0 Å². The highest BCUT2D eigenvalue weighted by molar-refractivity contribution is 5.93. The van der Waals surface area contributed by atoms with Crippen LogP contribution in [0.3, 0.4) is 0 Å². The Morgan fingerprint density at radius 3 is 2.23 bits per heavy atom. The highest BCUT2D eigenvalue weighted by Crippen LogP contribution is 2.57. The fraction of sp³-hybridized carbons (Fsp3) is 0.0667. The summed E-state index contributed by atoms with van der Waals surface area (Å²) in [4.78, 5) is 0. The lowest BCUT2D eigenvalue weighted by molar-refractivity contribution is 0.767. The van der Waals surface area contributed by atoms with E-state index >= 15 is 0 Å². The van der Waals surface area contributed by atoms with Crippen LogP contribution in [0.5, 0.6) is 0 Å². The summed E-state index contributed by atoms with van der Waals surface area (Å²) in [6, 6.07) is 23.9. The van der Waals surface area contributed by atoms with Gasteiger partial charge in [-0.05, 0) is 51.4 Å². The van der Waals surface area contributed by atoms with Crippen LogP contribution in [0.4, 0.5) is 0 Å². The molecule has 0 fully saturated rings. The van der Waals surface area contributed by atoms with Crippen molar-refractivity contribution >= 4 is 12.2 Å². The molecule has 0 amide bonds. The van der Waals surface area contributed by atoms with Crippen molar-refractivity contribution in [3.05, 3.63) is 144 Å². The Labute approximate surface area is 179 Å². The van der Waals surface area contributed by atoms with Crippen molar-refractivity contribution < 1.29 is 0 Å². The van der Waals surface area contributed by atoms with Gasteiger partial charge in [-0.25, -0.2) is 0 Å². The van der Waals surface area contributed by atoms with Crippen LogP contribution in [0.15, 0.2) is 116 Å². The Balaban J connectivity index is 2.25. The second-order valence-electron chi connectivity index (χ2n) is 7.42. The van der Waals surface area contributed by atoms with Crippen LogP contribution in [0.1, 0.15) is 34.7 Å². The van der Waals surface area contributed by atoms with Crippen LogP contribution in [-0.4, -0.2) is 0 Å². The van der Waals surface area contributed by atoms with E-state index in [9.17, 15) is 0 Å². The molecule has 1 unspecified atom stereocenters. The first-order valence-corrected chi connectivity index (χ1v) is 10.3. The van der Waals surface area contributed by atoms with Crippen LogP contribution >= 0.6 is 0 Å². The molecule has 0 radical (unpaired) electrons. The number of hydrogen-bond donors (Lipinski definition) is 0. The van der Waals surface area contributed by atoms with Gasteiger partial charge in [-0.2, -0.15) is 0 Å². The third kappa shape index (κ3) is 2.69. The van der Waals surface area contributed by atoms with E-state index in [-0.39, 0.29) is 0 Å². The summed E-state index contributed by atoms with van der Waals surface area (Å²) in [7, 11) is 0. The van der Waals surface area contributed by atoms with Gasteiger partial charge in [0.15, 0.2) is 0 Å². The van der Waals surface area contributed by atoms with Crippen molar-refractivity contribution in [3.8, 4) is 11.1 Å². The molecule has 0 aliphatic heterocycles. The van der Waals surface area contributed by atoms with Gasteiger partial charge >= 0.3 is 0 Å². The molecule has 30 heavy (non-hydrogen) atoms. The van der Waals surface area contributed by atoms with Gasteiger partial charge < -0.3 is 0 Å². The van der Waals surface area contributed by atoms with E-state index in [2.05, 4.69) is 105 Å². The van der Waals surface area contributed by atoms with Crippen molar-refractivity contribution in [1.82, 2.24) is 0 Å². The van der Waals surface area contributed by atoms with Gasteiger partial charge in [0.25, 0.3) is 0 Å². The van der Waals surface area contributed by atoms with Gasteiger partial charge in [0.05, 0.1) is 5.41 Å². The lowest BCUT2D eigenvalue weighted by Gasteiger charge is -2.34. The standard InChI is InChI=1S/C30H26/c1-5-14-22-20-21-28-29(25(22)8-4)26-18-12-13-19-27(26)30(28,23(7-3)15-6-2)24-16-10-9-11-17-24/h5-21H,2-4H2,1H3/b14-5-,23-15+. The number of hydrogen-bond acceptors (Lipinski definition) is 0. The van der Waals surface area contributed by atoms with E-state index in [0.717, 1.165) is 11.1 Å². The molecule has 0 heterocycles. The molecule has 4 rings (SSSR count). The topological polar surface area (TPSA) is 0 Å². The Morgan fingerprint density at radius 1 is 0.833 bits per heavy atom. The fourth-order valence-electron chi connectivity index (χ4n) is 4.91. The Bertz CT molecular complexity index is 1190. The van der Waals surface area contributed by atoms with Crippen molar-refractivity contribution in [2.45, 2.75) is 12.3 Å². The highest BCUT2D eigenvalue weighted by Gasteiger charge is 2.47. The summed E-state index contributed by atoms with van der Waals surface area (Å²) in [6.07, 6.45) is 12.1. The van der Waals surface area contributed by atoms with E-state index in [0.29, 0.717) is 0 Å². The molecule has 0 saturated carbocycles. The highest BCUT2D eigenvalue weighted by atomic mass is 14.5. The van der Waals surface area contributed by atoms with Gasteiger partial charge in [-0.3, -0.25) is 0 Å². The number of allylic oxidation sites excluding steroid dienone is 5. The summed E-state index contributed by atoms with van der Waals surface area (Å²) in [5.41, 5.74) is 9.24. The van der Waals surface area contributed by atoms with Crippen molar-refractivity contribution in [2.75, 3.05) is 0 Å². The van der Waals surface area contributed by atoms with Gasteiger partial charge in [0.1, 0.15) is 0 Å². The number of fused-ring (bicyclic) bond motifs is 3. The lowest BCUT2D eigenvalue weighted by atomic mass is 9.67. The molecular formula is C30H26. The summed E-state index contributed by atoms with van der Waals surface area (Å²) in [6.45, 7) is 14.4. The first-order chi connectivity index (χ1) is 14.7. The molecule has 0 N–H and O–H groups in total. The molecule has 3 aromatic carbocycles. The average molecular weight is 387 g/mol. The zero-order chi connectivity index (χ0) is 21.1. The minimum absolute atomic E-state index is 0.449. The average Bonchev–Trinajstić information content (AvgIpc) is 3.09. The Hall–Kier alpha value is -3.64. The molecular weight excluding hydrogens is 360 g/mol. The SMILES string of the molecule is C=C/C=C(\C=C)C1(c2ccccc2)c2ccccc2-c2c1ccc(/C=C\C)c2C=C. The maximum absolute atomic E-state index is 4.18. The largest absolute Gasteiger partial charge is 0.0991 e. The second kappa shape index (κ2) is 8.00. The molecule has 1 aliphatic carbocycles. The molecule has 146 valence electrons. The van der Waals surface area contributed by atoms with Gasteiger partial charge in [-0.1, -0.05) is 123 Å². The smallest absolute Gasteiger partial charge is 0.0713 e. The molecule has 0 nitrogen and oxygen atoms in total. The van der Waals surface area contributed by atoms with Crippen molar-refractivity contribution in [1.29, 1.82) is 0 Å². The minimum atomic E-state index is -0.449. The van der Waals surface area contributed by atoms with Crippen molar-refractivity contribution in [2.24, 2.45) is 0 Å². The van der Waals surface area contributed by atoms with Crippen LogP contribution in [-0.2, 0) is 5.41 Å². The molecule has 3 aromatic rings.